The van der Waals surface area contributed by atoms with E-state index in [0.717, 1.165) is 30.5 Å². The van der Waals surface area contributed by atoms with Gasteiger partial charge in [-0.05, 0) is 24.8 Å². The van der Waals surface area contributed by atoms with Crippen LogP contribution in [0.4, 0.5) is 8.78 Å². The number of halogens is 2. The predicted molar refractivity (Wildman–Crippen MR) is 77.9 cm³/mol. The Morgan fingerprint density at radius 1 is 1.50 bits per heavy atom. The molecular weight excluding hydrogens is 310 g/mol. The van der Waals surface area contributed by atoms with Gasteiger partial charge in [0, 0.05) is 37.3 Å². The third-order valence-corrected chi connectivity index (χ3v) is 4.58. The molecule has 118 valence electrons. The number of hydrogen-bond acceptors (Lipinski definition) is 4. The third-order valence-electron chi connectivity index (χ3n) is 3.78. The first-order valence-corrected chi connectivity index (χ1v) is 8.02. The van der Waals surface area contributed by atoms with Crippen molar-refractivity contribution in [3.63, 3.8) is 0 Å². The van der Waals surface area contributed by atoms with Crippen LogP contribution >= 0.6 is 11.3 Å². The molecule has 0 spiro atoms. The normalized spacial score (nSPS) is 18.9. The number of piperidine rings is 1. The lowest BCUT2D eigenvalue weighted by atomic mass is 9.95. The summed E-state index contributed by atoms with van der Waals surface area (Å²) in [6, 6.07) is 1.35. The Morgan fingerprint density at radius 3 is 3.05 bits per heavy atom. The monoisotopic (exact) mass is 326 g/mol. The summed E-state index contributed by atoms with van der Waals surface area (Å²) in [6.07, 6.45) is 5.73. The Kier molecular flexibility index (Phi) is 4.47. The first kappa shape index (κ1) is 15.1. The van der Waals surface area contributed by atoms with E-state index in [0.29, 0.717) is 23.7 Å². The molecule has 22 heavy (non-hydrogen) atoms. The maximum atomic E-state index is 12.5. The van der Waals surface area contributed by atoms with Crippen LogP contribution in [0, 0.1) is 5.92 Å². The maximum Gasteiger partial charge on any atom is 0.333 e. The second-order valence-electron chi connectivity index (χ2n) is 5.35. The fourth-order valence-corrected chi connectivity index (χ4v) is 3.47. The molecule has 0 bridgehead atoms. The molecule has 1 unspecified atom stereocenters. The maximum absolute atomic E-state index is 12.5. The summed E-state index contributed by atoms with van der Waals surface area (Å²) in [5.41, 5.74) is 0.0789. The van der Waals surface area contributed by atoms with E-state index in [1.165, 1.54) is 6.07 Å². The summed E-state index contributed by atoms with van der Waals surface area (Å²) in [4.78, 5) is 18.4. The molecule has 3 rings (SSSR count). The quantitative estimate of drug-likeness (QED) is 0.868. The number of likely N-dealkylation sites (tertiary alicyclic amines) is 1. The van der Waals surface area contributed by atoms with Gasteiger partial charge in [0.2, 0.25) is 0 Å². The Morgan fingerprint density at radius 2 is 2.36 bits per heavy atom. The van der Waals surface area contributed by atoms with Crippen molar-refractivity contribution in [2.24, 2.45) is 5.92 Å². The number of alkyl halides is 2. The number of rotatable bonds is 4. The van der Waals surface area contributed by atoms with E-state index in [2.05, 4.69) is 10.1 Å². The minimum atomic E-state index is -2.72. The standard InChI is InChI=1S/C14H16F2N4OS/c15-14(16)20-6-3-11(18-20)13(21)19-5-1-2-10(9-19)8-12-17-4-7-22-12/h3-4,6-7,10,14H,1-2,5,8-9H2. The molecule has 0 N–H and O–H groups in total. The molecule has 1 saturated heterocycles. The molecule has 1 fully saturated rings. The summed E-state index contributed by atoms with van der Waals surface area (Å²) >= 11 is 1.62. The third kappa shape index (κ3) is 3.32. The SMILES string of the molecule is O=C(c1ccn(C(F)F)n1)N1CCCC(Cc2nccs2)C1. The van der Waals surface area contributed by atoms with E-state index in [1.807, 2.05) is 5.38 Å². The number of thiazole rings is 1. The van der Waals surface area contributed by atoms with Crippen LogP contribution in [-0.4, -0.2) is 38.7 Å². The lowest BCUT2D eigenvalue weighted by Crippen LogP contribution is -2.40. The van der Waals surface area contributed by atoms with Crippen molar-refractivity contribution >= 4 is 17.2 Å². The van der Waals surface area contributed by atoms with Gasteiger partial charge in [-0.3, -0.25) is 4.79 Å². The minimum Gasteiger partial charge on any atom is -0.337 e. The van der Waals surface area contributed by atoms with E-state index in [1.54, 1.807) is 22.4 Å². The molecule has 1 aliphatic heterocycles. The van der Waals surface area contributed by atoms with Crippen LogP contribution in [0.1, 0.15) is 34.9 Å². The summed E-state index contributed by atoms with van der Waals surface area (Å²) in [5, 5.41) is 6.66. The van der Waals surface area contributed by atoms with Crippen LogP contribution in [0.15, 0.2) is 23.8 Å². The summed E-state index contributed by atoms with van der Waals surface area (Å²) in [5.74, 6) is 0.0873. The van der Waals surface area contributed by atoms with Gasteiger partial charge in [-0.15, -0.1) is 11.3 Å². The second kappa shape index (κ2) is 6.51. The molecule has 2 aromatic rings. The number of nitrogens with zero attached hydrogens (tertiary/aromatic N) is 4. The number of hydrogen-bond donors (Lipinski definition) is 0. The molecule has 0 radical (unpaired) electrons. The van der Waals surface area contributed by atoms with Crippen LogP contribution in [-0.2, 0) is 6.42 Å². The number of aromatic nitrogens is 3. The lowest BCUT2D eigenvalue weighted by Gasteiger charge is -2.32. The van der Waals surface area contributed by atoms with Crippen molar-refractivity contribution in [1.29, 1.82) is 0 Å². The topological polar surface area (TPSA) is 51.0 Å². The van der Waals surface area contributed by atoms with Crippen molar-refractivity contribution in [3.05, 3.63) is 34.5 Å². The van der Waals surface area contributed by atoms with Gasteiger partial charge in [0.1, 0.15) is 0 Å². The Balaban J connectivity index is 1.64. The first-order valence-electron chi connectivity index (χ1n) is 7.14. The zero-order valence-electron chi connectivity index (χ0n) is 11.9. The summed E-state index contributed by atoms with van der Waals surface area (Å²) in [6.45, 7) is -1.45. The van der Waals surface area contributed by atoms with E-state index >= 15 is 0 Å². The van der Waals surface area contributed by atoms with E-state index < -0.39 is 6.55 Å². The highest BCUT2D eigenvalue weighted by Gasteiger charge is 2.26. The molecular formula is C14H16F2N4OS. The molecule has 8 heteroatoms. The first-order chi connectivity index (χ1) is 10.6. The molecule has 0 aliphatic carbocycles. The van der Waals surface area contributed by atoms with Crippen molar-refractivity contribution in [3.8, 4) is 0 Å². The predicted octanol–water partition coefficient (Wildman–Crippen LogP) is 2.83. The average molecular weight is 326 g/mol. The summed E-state index contributed by atoms with van der Waals surface area (Å²) in [7, 11) is 0. The van der Waals surface area contributed by atoms with Crippen LogP contribution in [0.2, 0.25) is 0 Å². The Bertz CT molecular complexity index is 629. The fraction of sp³-hybridized carbons (Fsp3) is 0.500. The highest BCUT2D eigenvalue weighted by Crippen LogP contribution is 2.23. The van der Waals surface area contributed by atoms with Gasteiger partial charge in [0.25, 0.3) is 5.91 Å². The second-order valence-corrected chi connectivity index (χ2v) is 6.33. The van der Waals surface area contributed by atoms with E-state index in [9.17, 15) is 13.6 Å². The van der Waals surface area contributed by atoms with Crippen molar-refractivity contribution < 1.29 is 13.6 Å². The zero-order chi connectivity index (χ0) is 15.5. The Hall–Kier alpha value is -1.83. The minimum absolute atomic E-state index is 0.0789. The van der Waals surface area contributed by atoms with Gasteiger partial charge in [0.15, 0.2) is 5.69 Å². The van der Waals surface area contributed by atoms with E-state index in [-0.39, 0.29) is 11.6 Å². The lowest BCUT2D eigenvalue weighted by molar-refractivity contribution is 0.0542. The van der Waals surface area contributed by atoms with Crippen molar-refractivity contribution in [1.82, 2.24) is 19.7 Å². The molecule has 1 amide bonds. The molecule has 2 aromatic heterocycles. The van der Waals surface area contributed by atoms with Crippen LogP contribution < -0.4 is 0 Å². The highest BCUT2D eigenvalue weighted by molar-refractivity contribution is 7.09. The smallest absolute Gasteiger partial charge is 0.333 e. The molecule has 1 atom stereocenters. The molecule has 3 heterocycles. The number of carbonyl (C=O) groups is 1. The van der Waals surface area contributed by atoms with Crippen LogP contribution in [0.25, 0.3) is 0 Å². The van der Waals surface area contributed by atoms with Gasteiger partial charge in [-0.25, -0.2) is 9.67 Å². The molecule has 0 saturated carbocycles. The zero-order valence-corrected chi connectivity index (χ0v) is 12.7. The van der Waals surface area contributed by atoms with Crippen LogP contribution in [0.3, 0.4) is 0 Å². The number of carbonyl (C=O) groups excluding carboxylic acids is 1. The van der Waals surface area contributed by atoms with Gasteiger partial charge < -0.3 is 4.90 Å². The van der Waals surface area contributed by atoms with Gasteiger partial charge >= 0.3 is 6.55 Å². The average Bonchev–Trinajstić information content (AvgIpc) is 3.18. The molecule has 5 nitrogen and oxygen atoms in total. The van der Waals surface area contributed by atoms with Crippen molar-refractivity contribution in [2.75, 3.05) is 13.1 Å². The van der Waals surface area contributed by atoms with E-state index in [4.69, 9.17) is 0 Å². The largest absolute Gasteiger partial charge is 0.337 e. The summed E-state index contributed by atoms with van der Waals surface area (Å²) < 4.78 is 25.6. The fourth-order valence-electron chi connectivity index (χ4n) is 2.74. The Labute approximate surface area is 130 Å². The van der Waals surface area contributed by atoms with Gasteiger partial charge in [-0.1, -0.05) is 0 Å². The van der Waals surface area contributed by atoms with Crippen molar-refractivity contribution in [2.45, 2.75) is 25.8 Å². The molecule has 1 aliphatic rings. The number of amides is 1. The molecule has 0 aromatic carbocycles. The van der Waals surface area contributed by atoms with Gasteiger partial charge in [0.05, 0.1) is 5.01 Å². The highest BCUT2D eigenvalue weighted by atomic mass is 32.1. The van der Waals surface area contributed by atoms with Gasteiger partial charge in [-0.2, -0.15) is 13.9 Å². The van der Waals surface area contributed by atoms with Crippen LogP contribution in [0.5, 0.6) is 0 Å².